The second kappa shape index (κ2) is 9.02. The van der Waals surface area contributed by atoms with Gasteiger partial charge in [-0.15, -0.1) is 11.3 Å². The molecule has 3 aromatic rings. The maximum absolute atomic E-state index is 12.3. The molecule has 0 bridgehead atoms. The van der Waals surface area contributed by atoms with Crippen LogP contribution in [0.3, 0.4) is 0 Å². The lowest BCUT2D eigenvalue weighted by atomic mass is 10.1. The topological polar surface area (TPSA) is 51.2 Å². The van der Waals surface area contributed by atoms with E-state index in [4.69, 9.17) is 16.3 Å². The first-order valence-electron chi connectivity index (χ1n) is 8.77. The molecule has 0 aliphatic rings. The molecule has 1 aromatic heterocycles. The molecule has 0 saturated carbocycles. The third-order valence-corrected chi connectivity index (χ3v) is 5.25. The Bertz CT molecular complexity index is 891. The van der Waals surface area contributed by atoms with Gasteiger partial charge in [-0.1, -0.05) is 23.7 Å². The third kappa shape index (κ3) is 5.31. The molecule has 140 valence electrons. The molecule has 1 N–H and O–H groups in total. The van der Waals surface area contributed by atoms with Gasteiger partial charge >= 0.3 is 0 Å². The highest BCUT2D eigenvalue weighted by Gasteiger charge is 2.13. The average Bonchev–Trinajstić information content (AvgIpc) is 3.11. The van der Waals surface area contributed by atoms with Crippen LogP contribution in [-0.4, -0.2) is 17.5 Å². The van der Waals surface area contributed by atoms with E-state index in [1.807, 2.05) is 67.8 Å². The zero-order valence-electron chi connectivity index (χ0n) is 15.2. The molecule has 6 heteroatoms. The summed E-state index contributed by atoms with van der Waals surface area (Å²) in [6.45, 7) is 4.55. The average molecular weight is 401 g/mol. The minimum atomic E-state index is -0.0843. The molecule has 27 heavy (non-hydrogen) atoms. The molecule has 0 saturated heterocycles. The number of carbonyl (C=O) groups is 1. The summed E-state index contributed by atoms with van der Waals surface area (Å²) < 4.78 is 5.46. The maximum atomic E-state index is 12.3. The molecule has 1 unspecified atom stereocenters. The van der Waals surface area contributed by atoms with Crippen molar-refractivity contribution in [3.05, 3.63) is 70.2 Å². The molecule has 0 spiro atoms. The summed E-state index contributed by atoms with van der Waals surface area (Å²) in [6.07, 6.45) is 0.255. The number of ether oxygens (including phenoxy) is 1. The Morgan fingerprint density at radius 3 is 2.56 bits per heavy atom. The maximum Gasteiger partial charge on any atom is 0.226 e. The van der Waals surface area contributed by atoms with Crippen molar-refractivity contribution in [2.45, 2.75) is 26.3 Å². The fourth-order valence-corrected chi connectivity index (χ4v) is 3.62. The largest absolute Gasteiger partial charge is 0.494 e. The zero-order valence-corrected chi connectivity index (χ0v) is 16.8. The number of thiazole rings is 1. The Morgan fingerprint density at radius 2 is 1.89 bits per heavy atom. The van der Waals surface area contributed by atoms with Gasteiger partial charge in [0, 0.05) is 16.0 Å². The van der Waals surface area contributed by atoms with Crippen LogP contribution in [0.15, 0.2) is 53.9 Å². The minimum Gasteiger partial charge on any atom is -0.494 e. The van der Waals surface area contributed by atoms with Crippen molar-refractivity contribution < 1.29 is 9.53 Å². The minimum absolute atomic E-state index is 0.0546. The number of carbonyl (C=O) groups excluding carboxylic acids is 1. The van der Waals surface area contributed by atoms with E-state index in [0.717, 1.165) is 27.6 Å². The molecular formula is C21H21ClN2O2S. The monoisotopic (exact) mass is 400 g/mol. The van der Waals surface area contributed by atoms with Crippen molar-refractivity contribution in [3.8, 4) is 16.3 Å². The number of aromatic nitrogens is 1. The first-order chi connectivity index (χ1) is 13.0. The highest BCUT2D eigenvalue weighted by atomic mass is 35.5. The van der Waals surface area contributed by atoms with Crippen molar-refractivity contribution >= 4 is 28.8 Å². The smallest absolute Gasteiger partial charge is 0.226 e. The Labute approximate surface area is 168 Å². The third-order valence-electron chi connectivity index (χ3n) is 4.05. The summed E-state index contributed by atoms with van der Waals surface area (Å²) in [7, 11) is 0. The van der Waals surface area contributed by atoms with Gasteiger partial charge in [-0.3, -0.25) is 4.79 Å². The van der Waals surface area contributed by atoms with Gasteiger partial charge in [-0.05, 0) is 55.8 Å². The number of hydrogen-bond donors (Lipinski definition) is 1. The van der Waals surface area contributed by atoms with E-state index in [1.54, 1.807) is 0 Å². The summed E-state index contributed by atoms with van der Waals surface area (Å²) >= 11 is 7.44. The molecule has 0 aliphatic carbocycles. The zero-order chi connectivity index (χ0) is 19.2. The fourth-order valence-electron chi connectivity index (χ4n) is 2.67. The SMILES string of the molecule is CCOc1ccc(-c2nc(CC(=O)NC(C)c3ccc(Cl)cc3)cs2)cc1. The van der Waals surface area contributed by atoms with Crippen LogP contribution in [0.4, 0.5) is 0 Å². The number of benzene rings is 2. The molecular weight excluding hydrogens is 380 g/mol. The highest BCUT2D eigenvalue weighted by Crippen LogP contribution is 2.26. The first kappa shape index (κ1) is 19.4. The van der Waals surface area contributed by atoms with Crippen molar-refractivity contribution in [1.82, 2.24) is 10.3 Å². The van der Waals surface area contributed by atoms with E-state index in [0.29, 0.717) is 11.6 Å². The Balaban J connectivity index is 1.59. The van der Waals surface area contributed by atoms with Crippen molar-refractivity contribution in [2.75, 3.05) is 6.61 Å². The Morgan fingerprint density at radius 1 is 1.19 bits per heavy atom. The lowest BCUT2D eigenvalue weighted by Gasteiger charge is -2.14. The van der Waals surface area contributed by atoms with E-state index in [2.05, 4.69) is 10.3 Å². The van der Waals surface area contributed by atoms with E-state index in [-0.39, 0.29) is 18.4 Å². The van der Waals surface area contributed by atoms with Gasteiger partial charge in [0.2, 0.25) is 5.91 Å². The second-order valence-electron chi connectivity index (χ2n) is 6.12. The molecule has 0 fully saturated rings. The molecule has 4 nitrogen and oxygen atoms in total. The standard InChI is InChI=1S/C21H21ClN2O2S/c1-3-26-19-10-6-16(7-11-19)21-24-18(13-27-21)12-20(25)23-14(2)15-4-8-17(22)9-5-15/h4-11,13-14H,3,12H2,1-2H3,(H,23,25). The van der Waals surface area contributed by atoms with Crippen LogP contribution in [0.1, 0.15) is 31.1 Å². The van der Waals surface area contributed by atoms with Crippen LogP contribution < -0.4 is 10.1 Å². The molecule has 0 aliphatic heterocycles. The van der Waals surface area contributed by atoms with Gasteiger partial charge in [0.25, 0.3) is 0 Å². The predicted octanol–water partition coefficient (Wildman–Crippen LogP) is 5.28. The molecule has 1 atom stereocenters. The first-order valence-corrected chi connectivity index (χ1v) is 10.0. The molecule has 2 aromatic carbocycles. The van der Waals surface area contributed by atoms with Gasteiger partial charge in [-0.25, -0.2) is 4.98 Å². The lowest BCUT2D eigenvalue weighted by molar-refractivity contribution is -0.121. The van der Waals surface area contributed by atoms with Gasteiger partial charge in [0.05, 0.1) is 24.8 Å². The van der Waals surface area contributed by atoms with Crippen LogP contribution in [0.25, 0.3) is 10.6 Å². The van der Waals surface area contributed by atoms with Crippen LogP contribution >= 0.6 is 22.9 Å². The summed E-state index contributed by atoms with van der Waals surface area (Å²) in [5, 5.41) is 6.51. The van der Waals surface area contributed by atoms with E-state index >= 15 is 0 Å². The molecule has 1 amide bonds. The number of nitrogens with zero attached hydrogens (tertiary/aromatic N) is 1. The Hall–Kier alpha value is -2.37. The quantitative estimate of drug-likeness (QED) is 0.586. The van der Waals surface area contributed by atoms with Crippen LogP contribution in [0, 0.1) is 0 Å². The molecule has 0 radical (unpaired) electrons. The number of halogens is 1. The Kier molecular flexibility index (Phi) is 6.48. The second-order valence-corrected chi connectivity index (χ2v) is 7.41. The summed E-state index contributed by atoms with van der Waals surface area (Å²) in [6, 6.07) is 15.2. The number of amides is 1. The van der Waals surface area contributed by atoms with Crippen molar-refractivity contribution in [1.29, 1.82) is 0 Å². The van der Waals surface area contributed by atoms with E-state index in [9.17, 15) is 4.79 Å². The van der Waals surface area contributed by atoms with Crippen molar-refractivity contribution in [3.63, 3.8) is 0 Å². The lowest BCUT2D eigenvalue weighted by Crippen LogP contribution is -2.28. The van der Waals surface area contributed by atoms with Crippen LogP contribution in [0.2, 0.25) is 5.02 Å². The van der Waals surface area contributed by atoms with Gasteiger partial charge < -0.3 is 10.1 Å². The fraction of sp³-hybridized carbons (Fsp3) is 0.238. The van der Waals surface area contributed by atoms with Gasteiger partial charge in [-0.2, -0.15) is 0 Å². The van der Waals surface area contributed by atoms with Crippen molar-refractivity contribution in [2.24, 2.45) is 0 Å². The predicted molar refractivity (Wildman–Crippen MR) is 110 cm³/mol. The van der Waals surface area contributed by atoms with Crippen LogP contribution in [0.5, 0.6) is 5.75 Å². The summed E-state index contributed by atoms with van der Waals surface area (Å²) in [5.41, 5.74) is 2.80. The van der Waals surface area contributed by atoms with Gasteiger partial charge in [0.1, 0.15) is 10.8 Å². The number of hydrogen-bond acceptors (Lipinski definition) is 4. The molecule has 1 heterocycles. The summed E-state index contributed by atoms with van der Waals surface area (Å²) in [4.78, 5) is 16.9. The highest BCUT2D eigenvalue weighted by molar-refractivity contribution is 7.13. The number of rotatable bonds is 7. The van der Waals surface area contributed by atoms with E-state index in [1.165, 1.54) is 11.3 Å². The van der Waals surface area contributed by atoms with E-state index < -0.39 is 0 Å². The van der Waals surface area contributed by atoms with Gasteiger partial charge in [0.15, 0.2) is 0 Å². The normalized spacial score (nSPS) is 11.8. The number of nitrogens with one attached hydrogen (secondary N) is 1. The van der Waals surface area contributed by atoms with Crippen LogP contribution in [-0.2, 0) is 11.2 Å². The summed E-state index contributed by atoms with van der Waals surface area (Å²) in [5.74, 6) is 0.787. The molecule has 3 rings (SSSR count).